The van der Waals surface area contributed by atoms with E-state index in [0.717, 1.165) is 0 Å². The van der Waals surface area contributed by atoms with Crippen LogP contribution in [0.25, 0.3) is 0 Å². The number of rotatable bonds is 3. The van der Waals surface area contributed by atoms with Crippen LogP contribution in [0.5, 0.6) is 0 Å². The van der Waals surface area contributed by atoms with Gasteiger partial charge in [-0.3, -0.25) is 5.10 Å². The molecule has 118 valence electrons. The van der Waals surface area contributed by atoms with Crippen LogP contribution in [-0.2, 0) is 10.0 Å². The number of nitrogens with one attached hydrogen (secondary N) is 1. The largest absolute Gasteiger partial charge is 0.476 e. The van der Waals surface area contributed by atoms with Gasteiger partial charge in [-0.1, -0.05) is 0 Å². The Kier molecular flexibility index (Phi) is 4.09. The number of hydrogen-bond acceptors (Lipinski definition) is 5. The Bertz CT molecular complexity index is 650. The minimum absolute atomic E-state index is 0.152. The molecule has 1 unspecified atom stereocenters. The lowest BCUT2D eigenvalue weighted by atomic mass is 9.98. The van der Waals surface area contributed by atoms with Crippen molar-refractivity contribution < 1.29 is 23.4 Å². The number of nitrogens with zero attached hydrogens (tertiary/aromatic N) is 2. The maximum absolute atomic E-state index is 12.7. The normalized spacial score (nSPS) is 24.7. The monoisotopic (exact) mass is 317 g/mol. The quantitative estimate of drug-likeness (QED) is 0.738. The number of H-pyrrole nitrogens is 1. The summed E-state index contributed by atoms with van der Waals surface area (Å²) in [5.74, 6) is -1.39. The summed E-state index contributed by atoms with van der Waals surface area (Å²) in [7, 11) is -3.95. The Hall–Kier alpha value is -1.45. The van der Waals surface area contributed by atoms with Crippen LogP contribution >= 0.6 is 0 Å². The second-order valence-corrected chi connectivity index (χ2v) is 7.46. The molecule has 0 saturated carbocycles. The van der Waals surface area contributed by atoms with E-state index in [0.29, 0.717) is 19.3 Å². The fourth-order valence-electron chi connectivity index (χ4n) is 2.49. The van der Waals surface area contributed by atoms with Gasteiger partial charge in [-0.2, -0.15) is 9.40 Å². The number of sulfonamides is 1. The predicted molar refractivity (Wildman–Crippen MR) is 73.5 cm³/mol. The molecule has 1 aromatic heterocycles. The van der Waals surface area contributed by atoms with Crippen LogP contribution in [0.15, 0.2) is 4.90 Å². The number of hydrogen-bond donors (Lipinski definition) is 3. The van der Waals surface area contributed by atoms with Crippen molar-refractivity contribution in [2.75, 3.05) is 13.1 Å². The lowest BCUT2D eigenvalue weighted by molar-refractivity contribution is 0.0464. The van der Waals surface area contributed by atoms with Crippen molar-refractivity contribution in [2.24, 2.45) is 0 Å². The lowest BCUT2D eigenvalue weighted by Crippen LogP contribution is -2.34. The third kappa shape index (κ3) is 3.09. The molecule has 0 radical (unpaired) electrons. The topological polar surface area (TPSA) is 124 Å². The molecule has 2 heterocycles. The summed E-state index contributed by atoms with van der Waals surface area (Å²) < 4.78 is 26.6. The molecule has 1 aromatic rings. The van der Waals surface area contributed by atoms with Crippen LogP contribution < -0.4 is 0 Å². The molecule has 9 heteroatoms. The van der Waals surface area contributed by atoms with Gasteiger partial charge in [-0.25, -0.2) is 13.2 Å². The zero-order chi connectivity index (χ0) is 15.8. The Morgan fingerprint density at radius 1 is 1.38 bits per heavy atom. The average Bonchev–Trinajstić information content (AvgIpc) is 2.65. The molecule has 1 saturated heterocycles. The van der Waals surface area contributed by atoms with E-state index < -0.39 is 27.3 Å². The predicted octanol–water partition coefficient (Wildman–Crippen LogP) is 0.342. The van der Waals surface area contributed by atoms with E-state index in [1.54, 1.807) is 6.92 Å². The van der Waals surface area contributed by atoms with Crippen molar-refractivity contribution in [3.05, 3.63) is 11.4 Å². The average molecular weight is 317 g/mol. The molecule has 0 bridgehead atoms. The van der Waals surface area contributed by atoms with E-state index in [1.165, 1.54) is 11.2 Å². The highest BCUT2D eigenvalue weighted by Gasteiger charge is 2.36. The highest BCUT2D eigenvalue weighted by Crippen LogP contribution is 2.28. The minimum atomic E-state index is -3.95. The maximum Gasteiger partial charge on any atom is 0.357 e. The highest BCUT2D eigenvalue weighted by molar-refractivity contribution is 7.89. The third-order valence-corrected chi connectivity index (χ3v) is 5.77. The van der Waals surface area contributed by atoms with E-state index in [2.05, 4.69) is 10.2 Å². The third-order valence-electron chi connectivity index (χ3n) is 3.71. The van der Waals surface area contributed by atoms with E-state index in [4.69, 9.17) is 5.11 Å². The number of aromatic carboxylic acids is 1. The maximum atomic E-state index is 12.7. The first-order valence-corrected chi connectivity index (χ1v) is 8.10. The van der Waals surface area contributed by atoms with Crippen molar-refractivity contribution in [3.8, 4) is 0 Å². The van der Waals surface area contributed by atoms with Gasteiger partial charge in [0.25, 0.3) is 0 Å². The van der Waals surface area contributed by atoms with Gasteiger partial charge in [0, 0.05) is 13.1 Å². The Morgan fingerprint density at radius 3 is 2.67 bits per heavy atom. The number of aromatic nitrogens is 2. The van der Waals surface area contributed by atoms with E-state index in [1.807, 2.05) is 0 Å². The van der Waals surface area contributed by atoms with Crippen LogP contribution in [0, 0.1) is 6.92 Å². The summed E-state index contributed by atoms with van der Waals surface area (Å²) in [6.07, 6.45) is 1.34. The van der Waals surface area contributed by atoms with Gasteiger partial charge < -0.3 is 10.2 Å². The number of aryl methyl sites for hydroxylation is 1. The first-order valence-electron chi connectivity index (χ1n) is 6.66. The van der Waals surface area contributed by atoms with Gasteiger partial charge in [-0.05, 0) is 33.1 Å². The summed E-state index contributed by atoms with van der Waals surface area (Å²) in [4.78, 5) is 10.8. The van der Waals surface area contributed by atoms with E-state index in [-0.39, 0.29) is 23.7 Å². The van der Waals surface area contributed by atoms with Gasteiger partial charge in [0.15, 0.2) is 5.69 Å². The molecule has 3 N–H and O–H groups in total. The summed E-state index contributed by atoms with van der Waals surface area (Å²) >= 11 is 0. The van der Waals surface area contributed by atoms with Gasteiger partial charge in [-0.15, -0.1) is 0 Å². The van der Waals surface area contributed by atoms with Gasteiger partial charge in [0.2, 0.25) is 10.0 Å². The van der Waals surface area contributed by atoms with Crippen LogP contribution in [0.3, 0.4) is 0 Å². The minimum Gasteiger partial charge on any atom is -0.476 e. The highest BCUT2D eigenvalue weighted by atomic mass is 32.2. The number of carboxylic acid groups (broad SMARTS) is 1. The molecule has 0 amide bonds. The summed E-state index contributed by atoms with van der Waals surface area (Å²) in [5, 5.41) is 25.1. The SMILES string of the molecule is Cc1[nH]nc(C(=O)O)c1S(=O)(=O)N1CCCC(C)(O)CC1. The Morgan fingerprint density at radius 2 is 2.05 bits per heavy atom. The van der Waals surface area contributed by atoms with Crippen molar-refractivity contribution in [1.82, 2.24) is 14.5 Å². The number of aliphatic hydroxyl groups is 1. The molecule has 1 fully saturated rings. The number of carbonyl (C=O) groups is 1. The Balaban J connectivity index is 2.39. The van der Waals surface area contributed by atoms with Crippen LogP contribution in [0.1, 0.15) is 42.4 Å². The molecule has 0 spiro atoms. The Labute approximate surface area is 122 Å². The molecular formula is C12H19N3O5S. The van der Waals surface area contributed by atoms with Crippen molar-refractivity contribution in [3.63, 3.8) is 0 Å². The molecule has 8 nitrogen and oxygen atoms in total. The zero-order valence-corrected chi connectivity index (χ0v) is 12.8. The molecule has 2 rings (SSSR count). The molecule has 0 aliphatic carbocycles. The molecule has 21 heavy (non-hydrogen) atoms. The van der Waals surface area contributed by atoms with Crippen molar-refractivity contribution >= 4 is 16.0 Å². The second kappa shape index (κ2) is 5.39. The fourth-order valence-corrected chi connectivity index (χ4v) is 4.26. The van der Waals surface area contributed by atoms with Crippen molar-refractivity contribution in [2.45, 2.75) is 43.6 Å². The first kappa shape index (κ1) is 15.9. The van der Waals surface area contributed by atoms with Crippen LogP contribution in [-0.4, -0.2) is 57.8 Å². The standard InChI is InChI=1S/C12H19N3O5S/c1-8-10(9(11(16)17)14-13-8)21(19,20)15-6-3-4-12(2,18)5-7-15/h18H,3-7H2,1-2H3,(H,13,14)(H,16,17). The number of carboxylic acids is 1. The van der Waals surface area contributed by atoms with Crippen LogP contribution in [0.4, 0.5) is 0 Å². The summed E-state index contributed by atoms with van der Waals surface area (Å²) in [6.45, 7) is 3.55. The van der Waals surface area contributed by atoms with Crippen molar-refractivity contribution in [1.29, 1.82) is 0 Å². The zero-order valence-electron chi connectivity index (χ0n) is 12.0. The molecule has 0 aromatic carbocycles. The van der Waals surface area contributed by atoms with E-state index >= 15 is 0 Å². The molecule has 1 aliphatic rings. The first-order chi connectivity index (χ1) is 9.65. The second-order valence-electron chi connectivity index (χ2n) is 5.59. The lowest BCUT2D eigenvalue weighted by Gasteiger charge is -2.22. The smallest absolute Gasteiger partial charge is 0.357 e. The fraction of sp³-hybridized carbons (Fsp3) is 0.667. The summed E-state index contributed by atoms with van der Waals surface area (Å²) in [5.41, 5.74) is -1.20. The van der Waals surface area contributed by atoms with E-state index in [9.17, 15) is 18.3 Å². The number of aromatic amines is 1. The summed E-state index contributed by atoms with van der Waals surface area (Å²) in [6, 6.07) is 0. The molecule has 1 aliphatic heterocycles. The van der Waals surface area contributed by atoms with Crippen LogP contribution in [0.2, 0.25) is 0 Å². The molecule has 1 atom stereocenters. The van der Waals surface area contributed by atoms with Gasteiger partial charge in [0.1, 0.15) is 4.90 Å². The van der Waals surface area contributed by atoms with Gasteiger partial charge in [0.05, 0.1) is 11.3 Å². The molecular weight excluding hydrogens is 298 g/mol. The van der Waals surface area contributed by atoms with Gasteiger partial charge >= 0.3 is 5.97 Å².